The Morgan fingerprint density at radius 2 is 1.77 bits per heavy atom. The van der Waals surface area contributed by atoms with Crippen LogP contribution in [0.1, 0.15) is 24.0 Å². The van der Waals surface area contributed by atoms with Gasteiger partial charge in [0, 0.05) is 57.6 Å². The molecule has 166 valence electrons. The van der Waals surface area contributed by atoms with Crippen molar-refractivity contribution in [2.45, 2.75) is 31.8 Å². The Balaban J connectivity index is 1.28. The molecule has 2 N–H and O–H groups in total. The fraction of sp³-hybridized carbons (Fsp3) is 0.480. The first-order valence-electron chi connectivity index (χ1n) is 11.5. The van der Waals surface area contributed by atoms with Crippen LogP contribution in [-0.4, -0.2) is 72.9 Å². The number of nitrogens with zero attached hydrogens (tertiary/aromatic N) is 3. The first kappa shape index (κ1) is 21.8. The molecular formula is C25H34N4O2. The lowest BCUT2D eigenvalue weighted by Gasteiger charge is -2.41. The quantitative estimate of drug-likeness (QED) is 0.652. The number of carbonyl (C=O) groups is 1. The highest BCUT2D eigenvalue weighted by Crippen LogP contribution is 2.20. The molecular weight excluding hydrogens is 388 g/mol. The number of hydrogen-bond donors (Lipinski definition) is 2. The highest BCUT2D eigenvalue weighted by atomic mass is 16.3. The van der Waals surface area contributed by atoms with Crippen LogP contribution >= 0.6 is 0 Å². The first-order chi connectivity index (χ1) is 15.2. The molecule has 2 heterocycles. The van der Waals surface area contributed by atoms with Crippen LogP contribution in [0.15, 0.2) is 54.6 Å². The maximum atomic E-state index is 11.8. The first-order valence-corrected chi connectivity index (χ1v) is 11.5. The predicted octanol–water partition coefficient (Wildman–Crippen LogP) is 2.72. The van der Waals surface area contributed by atoms with Crippen LogP contribution in [0.3, 0.4) is 0 Å². The smallest absolute Gasteiger partial charge is 0.321 e. The van der Waals surface area contributed by atoms with E-state index in [4.69, 9.17) is 0 Å². The second kappa shape index (κ2) is 10.8. The molecule has 0 aliphatic carbocycles. The Morgan fingerprint density at radius 3 is 2.48 bits per heavy atom. The Bertz CT molecular complexity index is 827. The number of benzene rings is 2. The van der Waals surface area contributed by atoms with E-state index in [1.54, 1.807) is 4.90 Å². The Labute approximate surface area is 185 Å². The Kier molecular flexibility index (Phi) is 7.57. The zero-order chi connectivity index (χ0) is 21.5. The molecule has 2 amide bonds. The van der Waals surface area contributed by atoms with Crippen molar-refractivity contribution in [3.05, 3.63) is 65.7 Å². The molecule has 6 nitrogen and oxygen atoms in total. The number of carbonyl (C=O) groups excluding carboxylic acids is 1. The molecule has 1 atom stereocenters. The molecule has 2 saturated heterocycles. The summed E-state index contributed by atoms with van der Waals surface area (Å²) in [5.41, 5.74) is 3.62. The maximum Gasteiger partial charge on any atom is 0.321 e. The van der Waals surface area contributed by atoms with Gasteiger partial charge in [0.1, 0.15) is 0 Å². The van der Waals surface area contributed by atoms with Crippen molar-refractivity contribution >= 4 is 11.7 Å². The van der Waals surface area contributed by atoms with E-state index >= 15 is 0 Å². The molecule has 6 heteroatoms. The van der Waals surface area contributed by atoms with E-state index in [0.717, 1.165) is 64.2 Å². The van der Waals surface area contributed by atoms with Gasteiger partial charge < -0.3 is 10.4 Å². The molecule has 2 fully saturated rings. The minimum atomic E-state index is -0.0111. The molecule has 2 aromatic rings. The lowest BCUT2D eigenvalue weighted by atomic mass is 10.1. The number of aliphatic hydroxyl groups excluding tert-OH is 1. The molecule has 2 aromatic carbocycles. The SMILES string of the molecule is O=C1NCCN1c1ccc(CN2CCN(CCCc3ccccc3)C(CCO)C2)cc1. The molecule has 0 radical (unpaired) electrons. The maximum absolute atomic E-state index is 11.8. The number of urea groups is 1. The number of piperazine rings is 1. The van der Waals surface area contributed by atoms with Gasteiger partial charge in [-0.3, -0.25) is 14.7 Å². The number of hydrogen-bond acceptors (Lipinski definition) is 4. The van der Waals surface area contributed by atoms with Gasteiger partial charge in [-0.1, -0.05) is 42.5 Å². The summed E-state index contributed by atoms with van der Waals surface area (Å²) in [6, 6.07) is 19.4. The number of amides is 2. The van der Waals surface area contributed by atoms with Gasteiger partial charge in [0.15, 0.2) is 0 Å². The summed E-state index contributed by atoms with van der Waals surface area (Å²) in [7, 11) is 0. The summed E-state index contributed by atoms with van der Waals surface area (Å²) >= 11 is 0. The minimum Gasteiger partial charge on any atom is -0.396 e. The molecule has 1 unspecified atom stereocenters. The molecule has 2 aliphatic rings. The standard InChI is InChI=1S/C25H34N4O2/c30-18-12-24-20-27(16-17-28(24)14-4-7-21-5-2-1-3-6-21)19-22-8-10-23(11-9-22)29-15-13-26-25(29)31/h1-3,5-6,8-11,24,30H,4,7,12-20H2,(H,26,31). The molecule has 0 saturated carbocycles. The summed E-state index contributed by atoms with van der Waals surface area (Å²) in [6.07, 6.45) is 3.08. The fourth-order valence-corrected chi connectivity index (χ4v) is 4.71. The van der Waals surface area contributed by atoms with Crippen LogP contribution < -0.4 is 10.2 Å². The lowest BCUT2D eigenvalue weighted by molar-refractivity contribution is 0.0547. The third kappa shape index (κ3) is 5.85. The molecule has 0 bridgehead atoms. The molecule has 0 spiro atoms. The average molecular weight is 423 g/mol. The highest BCUT2D eigenvalue weighted by molar-refractivity contribution is 5.93. The van der Waals surface area contributed by atoms with Crippen molar-refractivity contribution in [2.75, 3.05) is 50.8 Å². The van der Waals surface area contributed by atoms with Crippen molar-refractivity contribution in [3.8, 4) is 0 Å². The van der Waals surface area contributed by atoms with Crippen molar-refractivity contribution in [2.24, 2.45) is 0 Å². The molecule has 31 heavy (non-hydrogen) atoms. The van der Waals surface area contributed by atoms with Crippen LogP contribution in [0, 0.1) is 0 Å². The number of anilines is 1. The highest BCUT2D eigenvalue weighted by Gasteiger charge is 2.26. The second-order valence-electron chi connectivity index (χ2n) is 8.58. The van der Waals surface area contributed by atoms with Crippen molar-refractivity contribution in [1.82, 2.24) is 15.1 Å². The van der Waals surface area contributed by atoms with Crippen LogP contribution in [0.5, 0.6) is 0 Å². The number of nitrogens with one attached hydrogen (secondary N) is 1. The molecule has 2 aliphatic heterocycles. The van der Waals surface area contributed by atoms with Gasteiger partial charge >= 0.3 is 6.03 Å². The minimum absolute atomic E-state index is 0.0111. The summed E-state index contributed by atoms with van der Waals surface area (Å²) in [6.45, 7) is 6.75. The fourth-order valence-electron chi connectivity index (χ4n) is 4.71. The van der Waals surface area contributed by atoms with Crippen molar-refractivity contribution in [3.63, 3.8) is 0 Å². The average Bonchev–Trinajstić information content (AvgIpc) is 3.22. The van der Waals surface area contributed by atoms with Gasteiger partial charge in [0.25, 0.3) is 0 Å². The molecule has 4 rings (SSSR count). The largest absolute Gasteiger partial charge is 0.396 e. The van der Waals surface area contributed by atoms with Crippen molar-refractivity contribution < 1.29 is 9.90 Å². The zero-order valence-corrected chi connectivity index (χ0v) is 18.2. The summed E-state index contributed by atoms with van der Waals surface area (Å²) in [5, 5.41) is 12.4. The van der Waals surface area contributed by atoms with Crippen LogP contribution in [0.4, 0.5) is 10.5 Å². The van der Waals surface area contributed by atoms with Crippen molar-refractivity contribution in [1.29, 1.82) is 0 Å². The van der Waals surface area contributed by atoms with Gasteiger partial charge in [-0.2, -0.15) is 0 Å². The summed E-state index contributed by atoms with van der Waals surface area (Å²) in [4.78, 5) is 18.7. The van der Waals surface area contributed by atoms with E-state index in [2.05, 4.69) is 57.6 Å². The normalized spacial score (nSPS) is 20.2. The van der Waals surface area contributed by atoms with Crippen LogP contribution in [0.2, 0.25) is 0 Å². The van der Waals surface area contributed by atoms with Crippen LogP contribution in [0.25, 0.3) is 0 Å². The second-order valence-corrected chi connectivity index (χ2v) is 8.58. The lowest BCUT2D eigenvalue weighted by Crippen LogP contribution is -2.53. The monoisotopic (exact) mass is 422 g/mol. The van der Waals surface area contributed by atoms with Gasteiger partial charge in [0.2, 0.25) is 0 Å². The summed E-state index contributed by atoms with van der Waals surface area (Å²) < 4.78 is 0. The van der Waals surface area contributed by atoms with Gasteiger partial charge in [-0.25, -0.2) is 4.79 Å². The van der Waals surface area contributed by atoms with E-state index in [0.29, 0.717) is 12.6 Å². The molecule has 0 aromatic heterocycles. The van der Waals surface area contributed by atoms with Gasteiger partial charge in [0.05, 0.1) is 0 Å². The van der Waals surface area contributed by atoms with E-state index in [-0.39, 0.29) is 12.6 Å². The summed E-state index contributed by atoms with van der Waals surface area (Å²) in [5.74, 6) is 0. The van der Waals surface area contributed by atoms with E-state index < -0.39 is 0 Å². The van der Waals surface area contributed by atoms with Gasteiger partial charge in [-0.15, -0.1) is 0 Å². The van der Waals surface area contributed by atoms with E-state index in [1.807, 2.05) is 12.1 Å². The van der Waals surface area contributed by atoms with E-state index in [1.165, 1.54) is 11.1 Å². The zero-order valence-electron chi connectivity index (χ0n) is 18.2. The number of aliphatic hydroxyl groups is 1. The number of aryl methyl sites for hydroxylation is 1. The van der Waals surface area contributed by atoms with Gasteiger partial charge in [-0.05, 0) is 49.1 Å². The van der Waals surface area contributed by atoms with Crippen LogP contribution in [-0.2, 0) is 13.0 Å². The number of rotatable bonds is 9. The Morgan fingerprint density at radius 1 is 0.968 bits per heavy atom. The third-order valence-corrected chi connectivity index (χ3v) is 6.42. The van der Waals surface area contributed by atoms with E-state index in [9.17, 15) is 9.90 Å². The predicted molar refractivity (Wildman–Crippen MR) is 124 cm³/mol. The Hall–Kier alpha value is -2.41. The third-order valence-electron chi connectivity index (χ3n) is 6.42. The topological polar surface area (TPSA) is 59.1 Å².